The first kappa shape index (κ1) is 17.1. The molecule has 0 heterocycles. The van der Waals surface area contributed by atoms with Gasteiger partial charge in [-0.25, -0.2) is 4.79 Å². The van der Waals surface area contributed by atoms with Crippen LogP contribution in [0.25, 0.3) is 5.76 Å². The average molecular weight is 324 g/mol. The number of carbonyl (C=O) groups is 2. The van der Waals surface area contributed by atoms with Gasteiger partial charge in [-0.2, -0.15) is 5.11 Å². The number of hydrogen-bond acceptors (Lipinski definition) is 6. The Morgan fingerprint density at radius 2 is 1.62 bits per heavy atom. The molecule has 24 heavy (non-hydrogen) atoms. The zero-order chi connectivity index (χ0) is 17.5. The molecular weight excluding hydrogens is 308 g/mol. The third kappa shape index (κ3) is 4.13. The highest BCUT2D eigenvalue weighted by molar-refractivity contribution is 6.41. The van der Waals surface area contributed by atoms with Gasteiger partial charge in [0.15, 0.2) is 11.5 Å². The van der Waals surface area contributed by atoms with Gasteiger partial charge < -0.3 is 9.84 Å². The van der Waals surface area contributed by atoms with E-state index in [-0.39, 0.29) is 0 Å². The quantitative estimate of drug-likeness (QED) is 0.298. The molecular formula is C18H16N2O4. The lowest BCUT2D eigenvalue weighted by molar-refractivity contribution is -0.149. The molecule has 0 aliphatic heterocycles. The molecule has 0 unspecified atom stereocenters. The number of nitrogens with zero attached hydrogens (tertiary/aromatic N) is 2. The van der Waals surface area contributed by atoms with Crippen molar-refractivity contribution >= 4 is 23.2 Å². The summed E-state index contributed by atoms with van der Waals surface area (Å²) >= 11 is 0. The Morgan fingerprint density at radius 1 is 1.00 bits per heavy atom. The third-order valence-electron chi connectivity index (χ3n) is 3.16. The van der Waals surface area contributed by atoms with Gasteiger partial charge in [0.1, 0.15) is 0 Å². The van der Waals surface area contributed by atoms with Crippen LogP contribution in [0.2, 0.25) is 0 Å². The van der Waals surface area contributed by atoms with Crippen LogP contribution in [-0.2, 0) is 14.3 Å². The van der Waals surface area contributed by atoms with Gasteiger partial charge in [0.2, 0.25) is 0 Å². The molecule has 0 saturated carbocycles. The molecule has 2 aromatic rings. The fourth-order valence-electron chi connectivity index (χ4n) is 1.84. The normalized spacial score (nSPS) is 11.9. The van der Waals surface area contributed by atoms with Gasteiger partial charge in [-0.1, -0.05) is 48.0 Å². The highest BCUT2D eigenvalue weighted by atomic mass is 16.5. The summed E-state index contributed by atoms with van der Waals surface area (Å²) in [5, 5.41) is 18.0. The van der Waals surface area contributed by atoms with Crippen molar-refractivity contribution < 1.29 is 19.4 Å². The van der Waals surface area contributed by atoms with Crippen LogP contribution in [0, 0.1) is 6.92 Å². The Labute approximate surface area is 139 Å². The molecule has 0 saturated heterocycles. The van der Waals surface area contributed by atoms with Crippen molar-refractivity contribution in [3.63, 3.8) is 0 Å². The zero-order valence-corrected chi connectivity index (χ0v) is 13.3. The Balaban J connectivity index is 2.47. The molecule has 0 fully saturated rings. The maximum Gasteiger partial charge on any atom is 0.381 e. The van der Waals surface area contributed by atoms with Crippen LogP contribution in [-0.4, -0.2) is 24.0 Å². The predicted molar refractivity (Wildman–Crippen MR) is 88.7 cm³/mol. The lowest BCUT2D eigenvalue weighted by Gasteiger charge is -2.05. The molecule has 122 valence electrons. The van der Waals surface area contributed by atoms with Crippen molar-refractivity contribution in [3.05, 3.63) is 71.4 Å². The van der Waals surface area contributed by atoms with E-state index in [9.17, 15) is 14.7 Å². The molecule has 6 heteroatoms. The number of aryl methyl sites for hydroxylation is 1. The predicted octanol–water partition coefficient (Wildman–Crippen LogP) is 3.75. The number of ether oxygens (including phenoxy) is 1. The molecule has 0 aliphatic rings. The third-order valence-corrected chi connectivity index (χ3v) is 3.16. The van der Waals surface area contributed by atoms with Crippen molar-refractivity contribution in [2.45, 2.75) is 6.92 Å². The van der Waals surface area contributed by atoms with Crippen LogP contribution in [0.1, 0.15) is 11.1 Å². The summed E-state index contributed by atoms with van der Waals surface area (Å²) in [4.78, 5) is 23.7. The summed E-state index contributed by atoms with van der Waals surface area (Å²) in [5.41, 5.74) is 1.33. The van der Waals surface area contributed by atoms with E-state index in [1.165, 1.54) is 0 Å². The molecule has 0 amide bonds. The van der Waals surface area contributed by atoms with Gasteiger partial charge in [0, 0.05) is 5.56 Å². The van der Waals surface area contributed by atoms with Crippen molar-refractivity contribution in [2.75, 3.05) is 7.11 Å². The van der Waals surface area contributed by atoms with Gasteiger partial charge in [-0.3, -0.25) is 4.79 Å². The van der Waals surface area contributed by atoms with Gasteiger partial charge in [-0.05, 0) is 19.1 Å². The topological polar surface area (TPSA) is 88.3 Å². The summed E-state index contributed by atoms with van der Waals surface area (Å²) in [6.45, 7) is 1.89. The van der Waals surface area contributed by atoms with Crippen molar-refractivity contribution in [1.82, 2.24) is 0 Å². The number of azo groups is 1. The van der Waals surface area contributed by atoms with Crippen LogP contribution in [0.4, 0.5) is 5.69 Å². The summed E-state index contributed by atoms with van der Waals surface area (Å²) in [6.07, 6.45) is 0. The smallest absolute Gasteiger partial charge is 0.381 e. The standard InChI is InChI=1S/C18H16N2O4/c1-12-8-10-13(11-9-12)16(21)15(17(22)18(23)24-2)20-19-14-6-4-3-5-7-14/h3-11,21H,1-2H3/b16-15+,20-19?. The first-order valence-corrected chi connectivity index (χ1v) is 7.12. The van der Waals surface area contributed by atoms with Crippen molar-refractivity contribution in [2.24, 2.45) is 10.2 Å². The van der Waals surface area contributed by atoms with Crippen LogP contribution in [0.5, 0.6) is 0 Å². The molecule has 0 aromatic heterocycles. The fraction of sp³-hybridized carbons (Fsp3) is 0.111. The number of carbonyl (C=O) groups excluding carboxylic acids is 2. The van der Waals surface area contributed by atoms with Gasteiger partial charge in [0.25, 0.3) is 5.78 Å². The second kappa shape index (κ2) is 7.82. The number of aliphatic hydroxyl groups excluding tert-OH is 1. The van der Waals surface area contributed by atoms with Crippen LogP contribution < -0.4 is 0 Å². The summed E-state index contributed by atoms with van der Waals surface area (Å²) in [7, 11) is 1.08. The van der Waals surface area contributed by atoms with E-state index in [1.807, 2.05) is 6.92 Å². The molecule has 6 nitrogen and oxygen atoms in total. The minimum absolute atomic E-state index is 0.347. The molecule has 0 radical (unpaired) electrons. The number of benzene rings is 2. The maximum absolute atomic E-state index is 12.1. The molecule has 2 aromatic carbocycles. The van der Waals surface area contributed by atoms with Crippen molar-refractivity contribution in [1.29, 1.82) is 0 Å². The van der Waals surface area contributed by atoms with Crippen molar-refractivity contribution in [3.8, 4) is 0 Å². The van der Waals surface area contributed by atoms with E-state index in [0.29, 0.717) is 11.3 Å². The van der Waals surface area contributed by atoms with Gasteiger partial charge >= 0.3 is 5.97 Å². The lowest BCUT2D eigenvalue weighted by Crippen LogP contribution is -2.18. The second-order valence-corrected chi connectivity index (χ2v) is 4.92. The molecule has 2 rings (SSSR count). The Kier molecular flexibility index (Phi) is 5.57. The summed E-state index contributed by atoms with van der Waals surface area (Å²) in [6, 6.07) is 15.4. The SMILES string of the molecule is COC(=O)C(=O)/C(N=Nc1ccccc1)=C(\O)c1ccc(C)cc1. The summed E-state index contributed by atoms with van der Waals surface area (Å²) < 4.78 is 4.41. The number of aliphatic hydroxyl groups is 1. The lowest BCUT2D eigenvalue weighted by atomic mass is 10.1. The number of rotatable bonds is 5. The van der Waals surface area contributed by atoms with E-state index in [2.05, 4.69) is 15.0 Å². The fourth-order valence-corrected chi connectivity index (χ4v) is 1.84. The highest BCUT2D eigenvalue weighted by Crippen LogP contribution is 2.21. The molecule has 1 N–H and O–H groups in total. The monoisotopic (exact) mass is 324 g/mol. The minimum Gasteiger partial charge on any atom is -0.505 e. The van der Waals surface area contributed by atoms with Crippen LogP contribution >= 0.6 is 0 Å². The molecule has 0 aliphatic carbocycles. The average Bonchev–Trinajstić information content (AvgIpc) is 2.62. The Hall–Kier alpha value is -3.28. The van der Waals surface area contributed by atoms with E-state index >= 15 is 0 Å². The zero-order valence-electron chi connectivity index (χ0n) is 13.3. The molecule has 0 bridgehead atoms. The molecule has 0 atom stereocenters. The summed E-state index contributed by atoms with van der Waals surface area (Å²) in [5.74, 6) is -2.64. The largest absolute Gasteiger partial charge is 0.505 e. The van der Waals surface area contributed by atoms with Gasteiger partial charge in [-0.15, -0.1) is 5.11 Å². The van der Waals surface area contributed by atoms with Crippen LogP contribution in [0.15, 0.2) is 70.5 Å². The number of Topliss-reactive ketones (excluding diaryl/α,β-unsaturated/α-hetero) is 1. The van der Waals surface area contributed by atoms with Gasteiger partial charge in [0.05, 0.1) is 12.8 Å². The number of ketones is 1. The minimum atomic E-state index is -1.13. The van der Waals surface area contributed by atoms with Crippen LogP contribution in [0.3, 0.4) is 0 Å². The first-order valence-electron chi connectivity index (χ1n) is 7.12. The Bertz CT molecular complexity index is 794. The number of esters is 1. The number of hydrogen-bond donors (Lipinski definition) is 1. The highest BCUT2D eigenvalue weighted by Gasteiger charge is 2.24. The Morgan fingerprint density at radius 3 is 2.21 bits per heavy atom. The van der Waals surface area contributed by atoms with E-state index in [1.54, 1.807) is 54.6 Å². The molecule has 0 spiro atoms. The maximum atomic E-state index is 12.1. The number of methoxy groups -OCH3 is 1. The first-order chi connectivity index (χ1) is 11.5. The second-order valence-electron chi connectivity index (χ2n) is 4.92. The van der Waals surface area contributed by atoms with E-state index < -0.39 is 23.2 Å². The van der Waals surface area contributed by atoms with E-state index in [0.717, 1.165) is 12.7 Å². The van der Waals surface area contributed by atoms with E-state index in [4.69, 9.17) is 0 Å².